The van der Waals surface area contributed by atoms with Gasteiger partial charge in [-0.2, -0.15) is 4.98 Å². The molecule has 6 nitrogen and oxygen atoms in total. The summed E-state index contributed by atoms with van der Waals surface area (Å²) in [5.74, 6) is 2.98. The van der Waals surface area contributed by atoms with Gasteiger partial charge in [0.2, 0.25) is 5.88 Å². The third-order valence-corrected chi connectivity index (χ3v) is 4.95. The standard InChI is InChI=1S/C19H24N4O2/c1-2-5-15(4-1)14-24-19-12-21-11-18(22-19)23-9-7-17(13-23)25-16-6-3-8-20-10-16/h3,6,8,10-12,15,17H,1-2,4-5,7,9,13-14H2. The monoisotopic (exact) mass is 340 g/mol. The molecule has 2 aliphatic rings. The van der Waals surface area contributed by atoms with Gasteiger partial charge in [-0.25, -0.2) is 0 Å². The summed E-state index contributed by atoms with van der Waals surface area (Å²) in [5, 5.41) is 0. The molecule has 6 heteroatoms. The summed E-state index contributed by atoms with van der Waals surface area (Å²) in [6.45, 7) is 2.46. The van der Waals surface area contributed by atoms with Crippen LogP contribution < -0.4 is 14.4 Å². The van der Waals surface area contributed by atoms with E-state index in [1.165, 1.54) is 25.7 Å². The predicted octanol–water partition coefficient (Wildman–Crippen LogP) is 3.10. The third kappa shape index (κ3) is 4.18. The summed E-state index contributed by atoms with van der Waals surface area (Å²) >= 11 is 0. The first-order valence-electron chi connectivity index (χ1n) is 9.13. The summed E-state index contributed by atoms with van der Waals surface area (Å²) in [5.41, 5.74) is 0. The zero-order valence-electron chi connectivity index (χ0n) is 14.4. The summed E-state index contributed by atoms with van der Waals surface area (Å²) in [7, 11) is 0. The lowest BCUT2D eigenvalue weighted by molar-refractivity contribution is 0.224. The second kappa shape index (κ2) is 7.68. The van der Waals surface area contributed by atoms with Gasteiger partial charge in [-0.3, -0.25) is 9.97 Å². The average molecular weight is 340 g/mol. The molecule has 1 aliphatic carbocycles. The molecule has 2 aromatic heterocycles. The van der Waals surface area contributed by atoms with Crippen molar-refractivity contribution in [2.75, 3.05) is 24.6 Å². The van der Waals surface area contributed by atoms with Crippen molar-refractivity contribution in [1.29, 1.82) is 0 Å². The van der Waals surface area contributed by atoms with E-state index < -0.39 is 0 Å². The van der Waals surface area contributed by atoms with Crippen LogP contribution >= 0.6 is 0 Å². The van der Waals surface area contributed by atoms with Crippen molar-refractivity contribution in [2.24, 2.45) is 5.92 Å². The van der Waals surface area contributed by atoms with Gasteiger partial charge in [0.25, 0.3) is 0 Å². The number of pyridine rings is 1. The van der Waals surface area contributed by atoms with Crippen LogP contribution in [0, 0.1) is 5.92 Å². The molecule has 1 aliphatic heterocycles. The fourth-order valence-electron chi connectivity index (χ4n) is 3.58. The Morgan fingerprint density at radius 2 is 2.00 bits per heavy atom. The van der Waals surface area contributed by atoms with Crippen LogP contribution in [-0.4, -0.2) is 40.8 Å². The van der Waals surface area contributed by atoms with Crippen LogP contribution in [0.3, 0.4) is 0 Å². The molecule has 0 bridgehead atoms. The predicted molar refractivity (Wildman–Crippen MR) is 95.0 cm³/mol. The zero-order valence-corrected chi connectivity index (χ0v) is 14.4. The van der Waals surface area contributed by atoms with E-state index in [1.807, 2.05) is 12.1 Å². The van der Waals surface area contributed by atoms with Gasteiger partial charge in [0, 0.05) is 19.2 Å². The van der Waals surface area contributed by atoms with Crippen LogP contribution in [0.15, 0.2) is 36.9 Å². The van der Waals surface area contributed by atoms with E-state index in [9.17, 15) is 0 Å². The van der Waals surface area contributed by atoms with Crippen molar-refractivity contribution in [1.82, 2.24) is 15.0 Å². The number of nitrogens with zero attached hydrogens (tertiary/aromatic N) is 4. The van der Waals surface area contributed by atoms with Gasteiger partial charge in [0.1, 0.15) is 11.9 Å². The van der Waals surface area contributed by atoms with E-state index in [0.29, 0.717) is 11.8 Å². The molecule has 2 aromatic rings. The first-order chi connectivity index (χ1) is 12.4. The van der Waals surface area contributed by atoms with Gasteiger partial charge in [-0.15, -0.1) is 0 Å². The molecule has 0 aromatic carbocycles. The second-order valence-corrected chi connectivity index (χ2v) is 6.84. The van der Waals surface area contributed by atoms with Crippen LogP contribution in [0.5, 0.6) is 11.6 Å². The molecule has 1 saturated heterocycles. The fourth-order valence-corrected chi connectivity index (χ4v) is 3.58. The Kier molecular flexibility index (Phi) is 4.95. The summed E-state index contributed by atoms with van der Waals surface area (Å²) in [6, 6.07) is 3.83. The molecule has 1 unspecified atom stereocenters. The van der Waals surface area contributed by atoms with Crippen molar-refractivity contribution >= 4 is 5.82 Å². The minimum Gasteiger partial charge on any atom is -0.487 e. The second-order valence-electron chi connectivity index (χ2n) is 6.84. The molecule has 0 N–H and O–H groups in total. The summed E-state index contributed by atoms with van der Waals surface area (Å²) in [6.07, 6.45) is 13.3. The van der Waals surface area contributed by atoms with Gasteiger partial charge in [0.15, 0.2) is 5.82 Å². The number of rotatable bonds is 6. The highest BCUT2D eigenvalue weighted by molar-refractivity contribution is 5.39. The molecule has 132 valence electrons. The number of anilines is 1. The highest BCUT2D eigenvalue weighted by Crippen LogP contribution is 2.26. The van der Waals surface area contributed by atoms with Crippen LogP contribution in [0.4, 0.5) is 5.82 Å². The van der Waals surface area contributed by atoms with Crippen molar-refractivity contribution in [3.63, 3.8) is 0 Å². The average Bonchev–Trinajstić information content (AvgIpc) is 3.33. The van der Waals surface area contributed by atoms with Gasteiger partial charge < -0.3 is 14.4 Å². The summed E-state index contributed by atoms with van der Waals surface area (Å²) in [4.78, 5) is 15.2. The topological polar surface area (TPSA) is 60.4 Å². The molecule has 1 saturated carbocycles. The number of hydrogen-bond acceptors (Lipinski definition) is 6. The molecule has 0 radical (unpaired) electrons. The number of aromatic nitrogens is 3. The molecular formula is C19H24N4O2. The Morgan fingerprint density at radius 3 is 2.84 bits per heavy atom. The Labute approximate surface area is 148 Å². The van der Waals surface area contributed by atoms with Gasteiger partial charge >= 0.3 is 0 Å². The van der Waals surface area contributed by atoms with Crippen molar-refractivity contribution in [2.45, 2.75) is 38.2 Å². The Morgan fingerprint density at radius 1 is 1.08 bits per heavy atom. The molecule has 0 spiro atoms. The largest absolute Gasteiger partial charge is 0.487 e. The lowest BCUT2D eigenvalue weighted by atomic mass is 10.1. The smallest absolute Gasteiger partial charge is 0.234 e. The zero-order chi connectivity index (χ0) is 16.9. The maximum atomic E-state index is 5.99. The highest BCUT2D eigenvalue weighted by Gasteiger charge is 2.25. The van der Waals surface area contributed by atoms with Crippen molar-refractivity contribution < 1.29 is 9.47 Å². The number of hydrogen-bond donors (Lipinski definition) is 0. The molecule has 1 atom stereocenters. The van der Waals surface area contributed by atoms with E-state index in [2.05, 4.69) is 19.9 Å². The minimum atomic E-state index is 0.147. The van der Waals surface area contributed by atoms with E-state index in [4.69, 9.17) is 9.47 Å². The maximum absolute atomic E-state index is 5.99. The van der Waals surface area contributed by atoms with Gasteiger partial charge in [-0.1, -0.05) is 12.8 Å². The first kappa shape index (κ1) is 16.1. The van der Waals surface area contributed by atoms with Gasteiger partial charge in [0.05, 0.1) is 31.7 Å². The Hall–Kier alpha value is -2.37. The fraction of sp³-hybridized carbons (Fsp3) is 0.526. The van der Waals surface area contributed by atoms with Crippen LogP contribution in [-0.2, 0) is 0 Å². The normalized spacial score (nSPS) is 20.8. The molecular weight excluding hydrogens is 316 g/mol. The van der Waals surface area contributed by atoms with E-state index >= 15 is 0 Å². The summed E-state index contributed by atoms with van der Waals surface area (Å²) < 4.78 is 11.9. The van der Waals surface area contributed by atoms with Crippen molar-refractivity contribution in [3.8, 4) is 11.6 Å². The Balaban J connectivity index is 1.33. The molecule has 25 heavy (non-hydrogen) atoms. The van der Waals surface area contributed by atoms with E-state index in [1.54, 1.807) is 24.8 Å². The first-order valence-corrected chi connectivity index (χ1v) is 9.13. The number of ether oxygens (including phenoxy) is 2. The van der Waals surface area contributed by atoms with Gasteiger partial charge in [-0.05, 0) is 30.9 Å². The lowest BCUT2D eigenvalue weighted by Gasteiger charge is -2.18. The van der Waals surface area contributed by atoms with Crippen LogP contribution in [0.2, 0.25) is 0 Å². The molecule has 3 heterocycles. The molecule has 2 fully saturated rings. The van der Waals surface area contributed by atoms with Crippen molar-refractivity contribution in [3.05, 3.63) is 36.9 Å². The third-order valence-electron chi connectivity index (χ3n) is 4.95. The molecule has 4 rings (SSSR count). The van der Waals surface area contributed by atoms with Crippen LogP contribution in [0.1, 0.15) is 32.1 Å². The minimum absolute atomic E-state index is 0.147. The molecule has 0 amide bonds. The van der Waals surface area contributed by atoms with E-state index in [-0.39, 0.29) is 6.10 Å². The lowest BCUT2D eigenvalue weighted by Crippen LogP contribution is -2.25. The highest BCUT2D eigenvalue weighted by atomic mass is 16.5. The van der Waals surface area contributed by atoms with E-state index in [0.717, 1.165) is 37.7 Å². The SMILES string of the molecule is c1cncc(OC2CCN(c3cncc(OCC4CCCC4)n3)C2)c1. The van der Waals surface area contributed by atoms with Crippen LogP contribution in [0.25, 0.3) is 0 Å². The Bertz CT molecular complexity index is 676. The maximum Gasteiger partial charge on any atom is 0.234 e. The quantitative estimate of drug-likeness (QED) is 0.805.